The Morgan fingerprint density at radius 1 is 0.447 bits per heavy atom. The molecule has 0 aliphatic rings. The fourth-order valence-corrected chi connectivity index (χ4v) is 10.9. The van der Waals surface area contributed by atoms with Crippen molar-refractivity contribution >= 4 is 84.4 Å². The minimum atomic E-state index is -1.02. The Morgan fingerprint density at radius 3 is 1.35 bits per heavy atom. The van der Waals surface area contributed by atoms with E-state index in [9.17, 15) is 71.5 Å². The summed E-state index contributed by atoms with van der Waals surface area (Å²) >= 11 is 0. The number of nitrogens with zero attached hydrogens (tertiary/aromatic N) is 5. The number of rotatable bonds is 16. The Morgan fingerprint density at radius 2 is 0.840 bits per heavy atom. The molecule has 5 aromatic heterocycles. The summed E-state index contributed by atoms with van der Waals surface area (Å²) in [5.74, 6) is -8.89. The minimum absolute atomic E-state index is 0.0251. The van der Waals surface area contributed by atoms with Crippen LogP contribution in [-0.2, 0) is 90.4 Å². The molecular weight excluding hydrogens is 1240 g/mol. The van der Waals surface area contributed by atoms with Crippen molar-refractivity contribution in [3.05, 3.63) is 146 Å². The number of benzene rings is 5. The van der Waals surface area contributed by atoms with Crippen LogP contribution in [0.25, 0.3) is 54.5 Å². The Kier molecular flexibility index (Phi) is 23.9. The molecule has 504 valence electrons. The smallest absolute Gasteiger partial charge is 0.310 e. The standard InChI is InChI=1S/2C15H19FN2O3.C13H14FNO3.2C12H12FNO3/c1-9-10(7-15(20)21)11-6-14(19)12(16)8-13(11)18(9)5-4-17(2)3;1-9-10(8-13(20)21)14-11(4-5-12(19)15(14)16)18(9)7-6-17(2)3;1-7-8(5-13(17)18-3)9-4-12(16)10(14)6-11(9)15(7)2;1-6-7(4-12(16)17-2)8-3-11(15)9(13)5-10(8)14-6;1-6-7(5-10(16)17-2)11-8(14-6)3-4-9(15)12(11)13/h6,8,19H,4-5,7H2,1-3H3,(H,20,21);4-5,19H,6-8H2,1-3H3,(H,20,21);4,6,16H,5H2,1-3H3;3,5,14-15H,4H2,1-2H3;3-4,14-15H,5H2,1-2H3. The van der Waals surface area contributed by atoms with E-state index in [0.717, 1.165) is 41.4 Å². The largest absolute Gasteiger partial charge is 0.505 e. The molecule has 94 heavy (non-hydrogen) atoms. The quantitative estimate of drug-likeness (QED) is 0.0247. The number of hydrogen-bond acceptors (Lipinski definition) is 15. The molecule has 0 unspecified atom stereocenters. The summed E-state index contributed by atoms with van der Waals surface area (Å²) < 4.78 is 87.6. The van der Waals surface area contributed by atoms with Crippen molar-refractivity contribution in [3.63, 3.8) is 0 Å². The fraction of sp³-hybridized carbons (Fsp3) is 0.328. The number of aromatic hydroxyl groups is 5. The number of hydrogen-bond donors (Lipinski definition) is 9. The molecule has 22 nitrogen and oxygen atoms in total. The Labute approximate surface area is 536 Å². The molecule has 0 aliphatic carbocycles. The van der Waals surface area contributed by atoms with Crippen LogP contribution < -0.4 is 0 Å². The third kappa shape index (κ3) is 16.5. The van der Waals surface area contributed by atoms with Crippen molar-refractivity contribution in [2.24, 2.45) is 7.05 Å². The van der Waals surface area contributed by atoms with Crippen LogP contribution in [0, 0.1) is 63.7 Å². The molecule has 0 amide bonds. The van der Waals surface area contributed by atoms with E-state index < -0.39 is 75.7 Å². The van der Waals surface area contributed by atoms with Gasteiger partial charge in [0.2, 0.25) is 0 Å². The third-order valence-electron chi connectivity index (χ3n) is 16.0. The van der Waals surface area contributed by atoms with Gasteiger partial charge in [0.05, 0.1) is 70.0 Å². The van der Waals surface area contributed by atoms with Crippen molar-refractivity contribution in [1.82, 2.24) is 33.5 Å². The first kappa shape index (κ1) is 72.8. The molecule has 0 fully saturated rings. The van der Waals surface area contributed by atoms with Crippen LogP contribution in [0.3, 0.4) is 0 Å². The Balaban J connectivity index is 0.000000187. The number of phenolic OH excluding ortho intramolecular Hbond substituents is 5. The number of carboxylic acids is 2. The Bertz CT molecular complexity index is 4490. The zero-order valence-corrected chi connectivity index (χ0v) is 54.2. The lowest BCUT2D eigenvalue weighted by Gasteiger charge is -2.13. The topological polar surface area (TPSA) is 308 Å². The number of aromatic amines is 2. The molecule has 9 N–H and O–H groups in total. The number of halogens is 5. The number of carbonyl (C=O) groups is 5. The first-order valence-electron chi connectivity index (χ1n) is 29.0. The summed E-state index contributed by atoms with van der Waals surface area (Å²) in [6, 6.07) is 13.5. The minimum Gasteiger partial charge on any atom is -0.505 e. The maximum atomic E-state index is 14.2. The average molecular weight is 1310 g/mol. The van der Waals surface area contributed by atoms with Gasteiger partial charge in [-0.25, -0.2) is 22.0 Å². The van der Waals surface area contributed by atoms with Crippen LogP contribution in [0.1, 0.15) is 56.3 Å². The maximum Gasteiger partial charge on any atom is 0.310 e. The summed E-state index contributed by atoms with van der Waals surface area (Å²) in [6.45, 7) is 11.7. The Hall–Kier alpha value is -10.3. The van der Waals surface area contributed by atoms with E-state index in [1.165, 1.54) is 69.9 Å². The van der Waals surface area contributed by atoms with Gasteiger partial charge in [-0.15, -0.1) is 0 Å². The molecule has 10 rings (SSSR count). The van der Waals surface area contributed by atoms with Crippen molar-refractivity contribution in [2.45, 2.75) is 79.8 Å². The molecule has 0 spiro atoms. The van der Waals surface area contributed by atoms with Crippen LogP contribution in [0.15, 0.2) is 60.7 Å². The summed E-state index contributed by atoms with van der Waals surface area (Å²) in [7, 11) is 13.4. The van der Waals surface area contributed by atoms with Gasteiger partial charge in [0.25, 0.3) is 0 Å². The van der Waals surface area contributed by atoms with Crippen LogP contribution in [0.2, 0.25) is 0 Å². The van der Waals surface area contributed by atoms with Gasteiger partial charge in [0, 0.05) is 118 Å². The number of ether oxygens (including phenoxy) is 3. The molecular formula is C67H76F5N7O15. The number of likely N-dealkylation sites (N-methyl/N-ethyl adjacent to an activating group) is 2. The molecule has 0 atom stereocenters. The van der Waals surface area contributed by atoms with Crippen LogP contribution in [0.4, 0.5) is 22.0 Å². The molecule has 10 aromatic rings. The number of phenols is 5. The highest BCUT2D eigenvalue weighted by atomic mass is 19.1. The second-order valence-electron chi connectivity index (χ2n) is 22.6. The zero-order valence-electron chi connectivity index (χ0n) is 54.2. The van der Waals surface area contributed by atoms with E-state index in [-0.39, 0.29) is 54.8 Å². The summed E-state index contributed by atoms with van der Waals surface area (Å²) in [4.78, 5) is 65.9. The van der Waals surface area contributed by atoms with Gasteiger partial charge in [-0.2, -0.15) is 0 Å². The van der Waals surface area contributed by atoms with E-state index in [0.29, 0.717) is 84.8 Å². The van der Waals surface area contributed by atoms with Gasteiger partial charge in [-0.1, -0.05) is 0 Å². The highest BCUT2D eigenvalue weighted by Gasteiger charge is 2.24. The summed E-state index contributed by atoms with van der Waals surface area (Å²) in [5.41, 5.74) is 9.79. The van der Waals surface area contributed by atoms with Crippen LogP contribution in [-0.4, -0.2) is 162 Å². The monoisotopic (exact) mass is 1310 g/mol. The summed E-state index contributed by atoms with van der Waals surface area (Å²) in [6.07, 6.45) is -0.249. The fourth-order valence-electron chi connectivity index (χ4n) is 10.9. The van der Waals surface area contributed by atoms with Crippen molar-refractivity contribution in [1.29, 1.82) is 0 Å². The van der Waals surface area contributed by atoms with Crippen molar-refractivity contribution in [2.75, 3.05) is 62.6 Å². The second-order valence-corrected chi connectivity index (χ2v) is 22.6. The predicted molar refractivity (Wildman–Crippen MR) is 342 cm³/mol. The number of aromatic nitrogens is 5. The van der Waals surface area contributed by atoms with Gasteiger partial charge < -0.3 is 83.4 Å². The van der Waals surface area contributed by atoms with Crippen molar-refractivity contribution < 1.29 is 95.9 Å². The first-order valence-corrected chi connectivity index (χ1v) is 29.0. The number of fused-ring (bicyclic) bond motifs is 5. The number of carboxylic acid groups (broad SMARTS) is 2. The lowest BCUT2D eigenvalue weighted by molar-refractivity contribution is -0.140. The van der Waals surface area contributed by atoms with E-state index in [4.69, 9.17) is 10.2 Å². The van der Waals surface area contributed by atoms with Gasteiger partial charge in [0.15, 0.2) is 57.8 Å². The number of methoxy groups -OCH3 is 3. The zero-order chi connectivity index (χ0) is 70.1. The predicted octanol–water partition coefficient (Wildman–Crippen LogP) is 10.1. The SMILES string of the molecule is COC(=O)Cc1c(C)[nH]c2cc(F)c(O)cc12.COC(=O)Cc1c(C)[nH]c2ccc(O)c(F)c12.COC(=O)Cc1c(C)n(C)c2cc(F)c(O)cc12.Cc1c(CC(=O)O)c2c(F)c(O)ccc2n1CCN(C)C.Cc1c(CC(=O)O)c2cc(O)c(F)cc2n1CCN(C)C. The molecule has 0 saturated heterocycles. The van der Waals surface area contributed by atoms with E-state index in [1.54, 1.807) is 44.5 Å². The number of esters is 3. The molecule has 0 bridgehead atoms. The average Bonchev–Trinajstić information content (AvgIpc) is 1.64. The number of carbonyl (C=O) groups excluding carboxylic acids is 3. The van der Waals surface area contributed by atoms with Gasteiger partial charge >= 0.3 is 29.8 Å². The number of aryl methyl sites for hydroxylation is 3. The van der Waals surface area contributed by atoms with Crippen LogP contribution in [0.5, 0.6) is 28.7 Å². The van der Waals surface area contributed by atoms with Gasteiger partial charge in [0.1, 0.15) is 0 Å². The number of nitrogens with one attached hydrogen (secondary N) is 2. The highest BCUT2D eigenvalue weighted by molar-refractivity contribution is 5.94. The van der Waals surface area contributed by atoms with Gasteiger partial charge in [-0.3, -0.25) is 24.0 Å². The molecule has 5 aromatic carbocycles. The summed E-state index contributed by atoms with van der Waals surface area (Å²) in [5, 5.41) is 67.6. The van der Waals surface area contributed by atoms with E-state index >= 15 is 0 Å². The van der Waals surface area contributed by atoms with Gasteiger partial charge in [-0.05, 0) is 133 Å². The third-order valence-corrected chi connectivity index (χ3v) is 16.0. The van der Waals surface area contributed by atoms with Crippen LogP contribution >= 0.6 is 0 Å². The second kappa shape index (κ2) is 30.9. The molecule has 0 aliphatic heterocycles. The maximum absolute atomic E-state index is 14.2. The lowest BCUT2D eigenvalue weighted by Crippen LogP contribution is -2.19. The lowest BCUT2D eigenvalue weighted by atomic mass is 10.1. The van der Waals surface area contributed by atoms with E-state index in [2.05, 4.69) is 24.2 Å². The highest BCUT2D eigenvalue weighted by Crippen LogP contribution is 2.36. The molecule has 0 radical (unpaired) electrons. The molecule has 27 heteroatoms. The normalized spacial score (nSPS) is 11.1. The number of H-pyrrole nitrogens is 2. The molecule has 5 heterocycles. The first-order chi connectivity index (χ1) is 44.1. The van der Waals surface area contributed by atoms with E-state index in [1.807, 2.05) is 61.0 Å². The van der Waals surface area contributed by atoms with Crippen molar-refractivity contribution in [3.8, 4) is 28.7 Å². The number of aliphatic carboxylic acids is 2. The molecule has 0 saturated carbocycles.